The molecule has 0 bridgehead atoms. The Kier molecular flexibility index (Phi) is 9.41. The normalized spacial score (nSPS) is 19.7. The smallest absolute Gasteiger partial charge is 0.395 e. The molecule has 0 saturated carbocycles. The van der Waals surface area contributed by atoms with Gasteiger partial charge in [-0.2, -0.15) is 4.98 Å². The molecule has 0 spiro atoms. The number of aromatic amines is 1. The zero-order valence-corrected chi connectivity index (χ0v) is 28.9. The highest BCUT2D eigenvalue weighted by Crippen LogP contribution is 2.36. The molecule has 15 heteroatoms. The monoisotopic (exact) mass is 655 g/mol. The highest BCUT2D eigenvalue weighted by molar-refractivity contribution is 6.83. The fourth-order valence-corrected chi connectivity index (χ4v) is 13.4. The first kappa shape index (κ1) is 32.4. The average molecular weight is 656 g/mol. The molecular weight excluding hydrogens is 615 g/mol. The van der Waals surface area contributed by atoms with Crippen LogP contribution in [0.1, 0.15) is 29.9 Å². The number of aromatic nitrogens is 4. The molecule has 2 aromatic heterocycles. The van der Waals surface area contributed by atoms with Gasteiger partial charge in [0.05, 0.1) is 19.0 Å². The van der Waals surface area contributed by atoms with Crippen LogP contribution < -0.4 is 11.3 Å². The second-order valence-corrected chi connectivity index (χ2v) is 24.4. The second-order valence-electron chi connectivity index (χ2n) is 12.8. The van der Waals surface area contributed by atoms with Gasteiger partial charge in [-0.05, 0) is 50.4 Å². The Morgan fingerprint density at radius 2 is 1.57 bits per heavy atom. The van der Waals surface area contributed by atoms with Gasteiger partial charge in [-0.15, -0.1) is 0 Å². The largest absolute Gasteiger partial charge is 0.659 e. The molecule has 1 saturated heterocycles. The molecular formula is C29H41N5O7Si3. The summed E-state index contributed by atoms with van der Waals surface area (Å²) < 4.78 is 35.0. The number of imidazole rings is 1. The number of nitrogens with one attached hydrogen (secondary N) is 1. The lowest BCUT2D eigenvalue weighted by molar-refractivity contribution is -0.0665. The molecule has 0 unspecified atom stereocenters. The third-order valence-electron chi connectivity index (χ3n) is 6.72. The molecule has 1 aliphatic heterocycles. The number of H-pyrrole nitrogens is 1. The average Bonchev–Trinajstić information content (AvgIpc) is 3.53. The molecule has 3 heterocycles. The third-order valence-corrected chi connectivity index (χ3v) is 14.7. The van der Waals surface area contributed by atoms with Gasteiger partial charge in [0, 0.05) is 6.42 Å². The van der Waals surface area contributed by atoms with Crippen molar-refractivity contribution < 1.29 is 26.9 Å². The number of nitrogen functional groups attached to an aromatic ring is 1. The highest BCUT2D eigenvalue weighted by atomic mass is 28.5. The number of nitrogens with two attached hydrogens (primary N) is 1. The number of hydrogen-bond acceptors (Lipinski definition) is 10. The van der Waals surface area contributed by atoms with Crippen molar-refractivity contribution >= 4 is 42.8 Å². The topological polar surface area (TPSA) is 156 Å². The predicted molar refractivity (Wildman–Crippen MR) is 173 cm³/mol. The lowest BCUT2D eigenvalue weighted by Crippen LogP contribution is -2.60. The van der Waals surface area contributed by atoms with E-state index in [9.17, 15) is 9.90 Å². The van der Waals surface area contributed by atoms with E-state index in [1.807, 2.05) is 60.7 Å². The van der Waals surface area contributed by atoms with Crippen LogP contribution in [-0.4, -0.2) is 69.1 Å². The Labute approximate surface area is 259 Å². The molecule has 0 aliphatic carbocycles. The summed E-state index contributed by atoms with van der Waals surface area (Å²) in [5, 5.41) is 11.1. The number of hydrogen-bond donors (Lipinski definition) is 3. The van der Waals surface area contributed by atoms with Gasteiger partial charge in [-0.1, -0.05) is 60.7 Å². The predicted octanol–water partition coefficient (Wildman–Crippen LogP) is 4.31. The SMILES string of the molecule is C[Si](C)(C)O[Si](OC[C@H]1O[C@@H](n2cnc3c(=O)[nH]c(N)nc32)C[C@@H]1O)(OC(c1ccccc1)c1ccccc1)O[Si](C)(C)C. The maximum Gasteiger partial charge on any atom is 0.659 e. The standard InChI is InChI=1S/C29H41N5O7Si3/c1-42(2,3)40-44(41-43(4,5)6,39-26(20-13-9-7-10-14-20)21-15-11-8-12-16-21)37-18-23-22(35)17-24(38-23)34-19-31-25-27(34)32-29(30)33-28(25)36/h7-16,19,22-24,26,35H,17-18H2,1-6H3,(H3,30,32,33,36)/t22-,23+,24+/m0/s1. The summed E-state index contributed by atoms with van der Waals surface area (Å²) in [6, 6.07) is 19.8. The first-order chi connectivity index (χ1) is 20.7. The molecule has 0 amide bonds. The van der Waals surface area contributed by atoms with Crippen LogP contribution in [0.5, 0.6) is 0 Å². The van der Waals surface area contributed by atoms with Gasteiger partial charge >= 0.3 is 9.05 Å². The minimum Gasteiger partial charge on any atom is -0.395 e. The molecule has 5 rings (SSSR count). The Balaban J connectivity index is 1.46. The first-order valence-electron chi connectivity index (χ1n) is 14.6. The van der Waals surface area contributed by atoms with Crippen molar-refractivity contribution in [3.8, 4) is 0 Å². The quantitative estimate of drug-likeness (QED) is 0.188. The molecule has 0 radical (unpaired) electrons. The van der Waals surface area contributed by atoms with Crippen molar-refractivity contribution in [3.05, 3.63) is 88.5 Å². The summed E-state index contributed by atoms with van der Waals surface area (Å²) in [4.78, 5) is 23.1. The lowest BCUT2D eigenvalue weighted by Gasteiger charge is -2.40. The molecule has 1 aliphatic rings. The molecule has 2 aromatic carbocycles. The number of fused-ring (bicyclic) bond motifs is 1. The second kappa shape index (κ2) is 12.8. The van der Waals surface area contributed by atoms with Crippen molar-refractivity contribution in [2.45, 2.75) is 70.2 Å². The first-order valence-corrected chi connectivity index (χ1v) is 23.0. The van der Waals surface area contributed by atoms with Gasteiger partial charge in [0.1, 0.15) is 18.4 Å². The number of aliphatic hydroxyl groups is 1. The Hall–Kier alpha value is -3.00. The van der Waals surface area contributed by atoms with E-state index >= 15 is 0 Å². The number of aliphatic hydroxyl groups excluding tert-OH is 1. The molecule has 44 heavy (non-hydrogen) atoms. The number of nitrogens with zero attached hydrogens (tertiary/aromatic N) is 3. The highest BCUT2D eigenvalue weighted by Gasteiger charge is 2.54. The van der Waals surface area contributed by atoms with Crippen molar-refractivity contribution in [1.82, 2.24) is 19.5 Å². The molecule has 4 N–H and O–H groups in total. The van der Waals surface area contributed by atoms with Crippen LogP contribution in [0.15, 0.2) is 71.8 Å². The zero-order valence-electron chi connectivity index (χ0n) is 25.9. The minimum absolute atomic E-state index is 0.0333. The van der Waals surface area contributed by atoms with Crippen molar-refractivity contribution in [2.75, 3.05) is 12.3 Å². The third kappa shape index (κ3) is 7.79. The van der Waals surface area contributed by atoms with Crippen LogP contribution >= 0.6 is 0 Å². The Bertz CT molecular complexity index is 1550. The fraction of sp³-hybridized carbons (Fsp3) is 0.414. The molecule has 3 atom stereocenters. The van der Waals surface area contributed by atoms with Gasteiger partial charge in [0.15, 0.2) is 27.8 Å². The minimum atomic E-state index is -3.90. The fourth-order valence-electron chi connectivity index (χ4n) is 5.01. The van der Waals surface area contributed by atoms with E-state index in [1.165, 1.54) is 6.33 Å². The van der Waals surface area contributed by atoms with Crippen LogP contribution in [0.25, 0.3) is 11.2 Å². The summed E-state index contributed by atoms with van der Waals surface area (Å²) >= 11 is 0. The van der Waals surface area contributed by atoms with E-state index < -0.39 is 55.8 Å². The maximum absolute atomic E-state index is 12.3. The summed E-state index contributed by atoms with van der Waals surface area (Å²) in [5.74, 6) is -0.0333. The molecule has 1 fully saturated rings. The van der Waals surface area contributed by atoms with Gasteiger partial charge in [-0.3, -0.25) is 14.3 Å². The van der Waals surface area contributed by atoms with Crippen molar-refractivity contribution in [2.24, 2.45) is 0 Å². The van der Waals surface area contributed by atoms with E-state index in [2.05, 4.69) is 54.2 Å². The summed E-state index contributed by atoms with van der Waals surface area (Å²) in [7, 11) is -8.53. The Morgan fingerprint density at radius 3 is 2.11 bits per heavy atom. The van der Waals surface area contributed by atoms with E-state index in [0.29, 0.717) is 0 Å². The van der Waals surface area contributed by atoms with Gasteiger partial charge < -0.3 is 32.7 Å². The summed E-state index contributed by atoms with van der Waals surface area (Å²) in [6.45, 7) is 12.4. The number of rotatable bonds is 12. The van der Waals surface area contributed by atoms with Gasteiger partial charge in [0.2, 0.25) is 5.95 Å². The van der Waals surface area contributed by atoms with E-state index in [1.54, 1.807) is 4.57 Å². The maximum atomic E-state index is 12.3. The number of anilines is 1. The number of ether oxygens (including phenoxy) is 1. The molecule has 12 nitrogen and oxygen atoms in total. The van der Waals surface area contributed by atoms with Gasteiger partial charge in [0.25, 0.3) is 5.56 Å². The van der Waals surface area contributed by atoms with Crippen LogP contribution in [0.3, 0.4) is 0 Å². The van der Waals surface area contributed by atoms with Crippen LogP contribution in [0, 0.1) is 0 Å². The van der Waals surface area contributed by atoms with E-state index in [4.69, 9.17) is 27.6 Å². The van der Waals surface area contributed by atoms with E-state index in [0.717, 1.165) is 11.1 Å². The summed E-state index contributed by atoms with van der Waals surface area (Å²) in [6.07, 6.45) is -1.11. The Morgan fingerprint density at radius 1 is 1.00 bits per heavy atom. The molecule has 236 valence electrons. The molecule has 4 aromatic rings. The number of benzene rings is 2. The van der Waals surface area contributed by atoms with Crippen molar-refractivity contribution in [1.29, 1.82) is 0 Å². The lowest BCUT2D eigenvalue weighted by atomic mass is 10.0. The van der Waals surface area contributed by atoms with E-state index in [-0.39, 0.29) is 30.1 Å². The van der Waals surface area contributed by atoms with Crippen LogP contribution in [0.2, 0.25) is 39.3 Å². The van der Waals surface area contributed by atoms with Crippen molar-refractivity contribution in [3.63, 3.8) is 0 Å². The zero-order chi connectivity index (χ0) is 31.7. The summed E-state index contributed by atoms with van der Waals surface area (Å²) in [5.41, 5.74) is 7.61. The van der Waals surface area contributed by atoms with Crippen LogP contribution in [0.4, 0.5) is 5.95 Å². The van der Waals surface area contributed by atoms with Gasteiger partial charge in [-0.25, -0.2) is 4.98 Å². The van der Waals surface area contributed by atoms with Crippen LogP contribution in [-0.2, 0) is 21.8 Å².